The molecule has 1 nitrogen and oxygen atoms in total. The molecule has 184 valence electrons. The van der Waals surface area contributed by atoms with Gasteiger partial charge in [0.15, 0.2) is 5.05 Å². The Labute approximate surface area is 202 Å². The van der Waals surface area contributed by atoms with Gasteiger partial charge in [-0.1, -0.05) is 161 Å². The second-order valence-electron chi connectivity index (χ2n) is 9.54. The first kappa shape index (κ1) is 30.6. The predicted octanol–water partition coefficient (Wildman–Crippen LogP) is 11.2. The van der Waals surface area contributed by atoms with Crippen molar-refractivity contribution in [1.82, 2.24) is 0 Å². The first-order valence-electron chi connectivity index (χ1n) is 14.1. The third kappa shape index (κ3) is 27.6. The van der Waals surface area contributed by atoms with E-state index in [0.29, 0.717) is 5.05 Å². The van der Waals surface area contributed by atoms with Crippen LogP contribution in [0.15, 0.2) is 12.8 Å². The molecule has 0 aromatic rings. The molecule has 0 aliphatic heterocycles. The molecule has 0 radical (unpaired) electrons. The molecular formula is C29H56OS. The maximum Gasteiger partial charge on any atom is 0.166 e. The van der Waals surface area contributed by atoms with Gasteiger partial charge >= 0.3 is 0 Å². The Hall–Kier alpha value is -0.370. The minimum atomic E-state index is 0.689. The average molecular weight is 453 g/mol. The molecule has 0 heterocycles. The number of unbranched alkanes of at least 4 members (excludes halogenated alkanes) is 23. The lowest BCUT2D eigenvalue weighted by Crippen LogP contribution is -1.95. The summed E-state index contributed by atoms with van der Waals surface area (Å²) in [6.07, 6.45) is 36.6. The predicted molar refractivity (Wildman–Crippen MR) is 145 cm³/mol. The van der Waals surface area contributed by atoms with Crippen molar-refractivity contribution in [1.29, 1.82) is 0 Å². The number of thiocarbonyl (C=S) groups is 1. The number of hydrogen-bond donors (Lipinski definition) is 0. The Bertz CT molecular complexity index is 366. The van der Waals surface area contributed by atoms with Gasteiger partial charge in [0.1, 0.15) is 0 Å². The maximum atomic E-state index is 5.10. The summed E-state index contributed by atoms with van der Waals surface area (Å²) in [5.74, 6) is 0. The molecule has 0 saturated carbocycles. The van der Waals surface area contributed by atoms with Crippen molar-refractivity contribution in [3.63, 3.8) is 0 Å². The highest BCUT2D eigenvalue weighted by atomic mass is 32.1. The molecule has 0 amide bonds. The largest absolute Gasteiger partial charge is 0.459 e. The van der Waals surface area contributed by atoms with Crippen molar-refractivity contribution >= 4 is 17.3 Å². The molecule has 0 atom stereocenters. The van der Waals surface area contributed by atoms with E-state index in [9.17, 15) is 0 Å². The van der Waals surface area contributed by atoms with Crippen LogP contribution in [0.1, 0.15) is 167 Å². The zero-order valence-electron chi connectivity index (χ0n) is 21.3. The molecule has 0 aromatic heterocycles. The second kappa shape index (κ2) is 27.7. The summed E-state index contributed by atoms with van der Waals surface area (Å²) in [5, 5.41) is 0.689. The molecule has 0 aromatic carbocycles. The van der Waals surface area contributed by atoms with Crippen LogP contribution in [0.2, 0.25) is 0 Å². The van der Waals surface area contributed by atoms with Crippen molar-refractivity contribution < 1.29 is 4.74 Å². The van der Waals surface area contributed by atoms with Crippen LogP contribution < -0.4 is 0 Å². The summed E-state index contributed by atoms with van der Waals surface area (Å²) in [6.45, 7) is 5.83. The minimum Gasteiger partial charge on any atom is -0.459 e. The first-order valence-corrected chi connectivity index (χ1v) is 14.5. The summed E-state index contributed by atoms with van der Waals surface area (Å²) in [7, 11) is 0. The van der Waals surface area contributed by atoms with Gasteiger partial charge in [-0.3, -0.25) is 0 Å². The minimum absolute atomic E-state index is 0.689. The van der Waals surface area contributed by atoms with E-state index in [1.54, 1.807) is 0 Å². The van der Waals surface area contributed by atoms with Gasteiger partial charge in [0.2, 0.25) is 0 Å². The van der Waals surface area contributed by atoms with Crippen molar-refractivity contribution in [2.24, 2.45) is 0 Å². The Morgan fingerprint density at radius 2 is 0.774 bits per heavy atom. The van der Waals surface area contributed by atoms with Crippen molar-refractivity contribution in [2.45, 2.75) is 167 Å². The summed E-state index contributed by atoms with van der Waals surface area (Å²) in [5.41, 5.74) is 0. The molecule has 0 N–H and O–H groups in total. The Morgan fingerprint density at radius 1 is 0.516 bits per heavy atom. The lowest BCUT2D eigenvalue weighted by molar-refractivity contribution is 0.465. The molecule has 2 heteroatoms. The van der Waals surface area contributed by atoms with Gasteiger partial charge in [-0.15, -0.1) is 0 Å². The van der Waals surface area contributed by atoms with E-state index in [-0.39, 0.29) is 0 Å². The molecular weight excluding hydrogens is 396 g/mol. The fraction of sp³-hybridized carbons (Fsp3) is 0.897. The highest BCUT2D eigenvalue weighted by molar-refractivity contribution is 7.80. The van der Waals surface area contributed by atoms with E-state index < -0.39 is 0 Å². The molecule has 0 unspecified atom stereocenters. The van der Waals surface area contributed by atoms with Crippen LogP contribution in [0.4, 0.5) is 0 Å². The van der Waals surface area contributed by atoms with Gasteiger partial charge < -0.3 is 4.74 Å². The molecule has 0 aliphatic carbocycles. The third-order valence-corrected chi connectivity index (χ3v) is 6.75. The Morgan fingerprint density at radius 3 is 1.03 bits per heavy atom. The normalized spacial score (nSPS) is 11.0. The van der Waals surface area contributed by atoms with Crippen LogP contribution in [0, 0.1) is 0 Å². The molecule has 31 heavy (non-hydrogen) atoms. The van der Waals surface area contributed by atoms with Crippen LogP contribution in [0.5, 0.6) is 0 Å². The molecule has 0 rings (SSSR count). The monoisotopic (exact) mass is 452 g/mol. The second-order valence-corrected chi connectivity index (χ2v) is 9.99. The summed E-state index contributed by atoms with van der Waals surface area (Å²) < 4.78 is 5.09. The van der Waals surface area contributed by atoms with Gasteiger partial charge in [-0.25, -0.2) is 0 Å². The summed E-state index contributed by atoms with van der Waals surface area (Å²) in [6, 6.07) is 0. The lowest BCUT2D eigenvalue weighted by atomic mass is 10.0. The van der Waals surface area contributed by atoms with Gasteiger partial charge in [-0.2, -0.15) is 0 Å². The lowest BCUT2D eigenvalue weighted by Gasteiger charge is -2.04. The van der Waals surface area contributed by atoms with Gasteiger partial charge in [0, 0.05) is 6.42 Å². The number of rotatable bonds is 26. The highest BCUT2D eigenvalue weighted by Gasteiger charge is 1.98. The topological polar surface area (TPSA) is 9.23 Å². The van der Waals surface area contributed by atoms with E-state index in [0.717, 1.165) is 12.8 Å². The standard InChI is InChI=1S/C29H56OS/c1-3-5-6-7-8-9-10-11-12-13-14-15-16-17-18-19-20-21-22-23-24-25-26-27-28-29(31)30-4-2/h4H,2-3,5-28H2,1H3. The van der Waals surface area contributed by atoms with E-state index in [1.807, 2.05) is 0 Å². The fourth-order valence-corrected chi connectivity index (χ4v) is 4.60. The SMILES string of the molecule is C=COC(=S)CCCCCCCCCCCCCCCCCCCCCCCCCC. The van der Waals surface area contributed by atoms with E-state index >= 15 is 0 Å². The van der Waals surface area contributed by atoms with Gasteiger partial charge in [-0.05, 0) is 18.6 Å². The zero-order valence-corrected chi connectivity index (χ0v) is 22.1. The fourth-order valence-electron chi connectivity index (χ4n) is 4.38. The molecule has 0 saturated heterocycles. The quantitative estimate of drug-likeness (QED) is 0.0732. The van der Waals surface area contributed by atoms with E-state index in [1.165, 1.54) is 154 Å². The van der Waals surface area contributed by atoms with Gasteiger partial charge in [0.05, 0.1) is 6.26 Å². The smallest absolute Gasteiger partial charge is 0.166 e. The van der Waals surface area contributed by atoms with Gasteiger partial charge in [0.25, 0.3) is 0 Å². The van der Waals surface area contributed by atoms with Crippen LogP contribution in [0.25, 0.3) is 0 Å². The average Bonchev–Trinajstić information content (AvgIpc) is 2.77. The maximum absolute atomic E-state index is 5.10. The zero-order chi connectivity index (χ0) is 22.7. The number of hydrogen-bond acceptors (Lipinski definition) is 2. The van der Waals surface area contributed by atoms with Crippen LogP contribution in [0.3, 0.4) is 0 Å². The van der Waals surface area contributed by atoms with Crippen LogP contribution >= 0.6 is 12.2 Å². The summed E-state index contributed by atoms with van der Waals surface area (Å²) in [4.78, 5) is 0. The Kier molecular flexibility index (Phi) is 27.3. The van der Waals surface area contributed by atoms with Crippen molar-refractivity contribution in [2.75, 3.05) is 0 Å². The van der Waals surface area contributed by atoms with Crippen molar-refractivity contribution in [3.05, 3.63) is 12.8 Å². The van der Waals surface area contributed by atoms with Crippen molar-refractivity contribution in [3.8, 4) is 0 Å². The molecule has 0 spiro atoms. The Balaban J connectivity index is 3.03. The molecule has 0 bridgehead atoms. The van der Waals surface area contributed by atoms with Crippen LogP contribution in [-0.2, 0) is 4.74 Å². The third-order valence-electron chi connectivity index (χ3n) is 6.45. The van der Waals surface area contributed by atoms with Crippen LogP contribution in [-0.4, -0.2) is 5.05 Å². The highest BCUT2D eigenvalue weighted by Crippen LogP contribution is 2.15. The molecule has 0 aliphatic rings. The summed E-state index contributed by atoms with van der Waals surface area (Å²) >= 11 is 5.10. The number of ether oxygens (including phenoxy) is 1. The first-order chi connectivity index (χ1) is 15.3. The molecule has 0 fully saturated rings. The van der Waals surface area contributed by atoms with E-state index in [4.69, 9.17) is 17.0 Å². The van der Waals surface area contributed by atoms with E-state index in [2.05, 4.69) is 13.5 Å².